The fourth-order valence-electron chi connectivity index (χ4n) is 3.92. The number of hydrogen-bond donors (Lipinski definition) is 0. The van der Waals surface area contributed by atoms with Crippen molar-refractivity contribution in [3.63, 3.8) is 0 Å². The first-order valence-corrected chi connectivity index (χ1v) is 9.48. The van der Waals surface area contributed by atoms with Gasteiger partial charge in [-0.05, 0) is 38.8 Å². The molecule has 24 heavy (non-hydrogen) atoms. The molecular weight excluding hydrogens is 330 g/mol. The molecule has 7 heteroatoms. The van der Waals surface area contributed by atoms with E-state index in [0.717, 1.165) is 24.9 Å². The third kappa shape index (κ3) is 2.12. The highest BCUT2D eigenvalue weighted by Crippen LogP contribution is 2.50. The molecule has 6 nitrogen and oxygen atoms in total. The van der Waals surface area contributed by atoms with E-state index in [1.54, 1.807) is 0 Å². The SMILES string of the molecule is CCO[C@@H]1OC(=O)[C@]2(S(=O)c3ccc(C)cc3)[C@H]1ON1CCC[C@@H]12. The summed E-state index contributed by atoms with van der Waals surface area (Å²) < 4.78 is 23.3. The van der Waals surface area contributed by atoms with E-state index in [1.165, 1.54) is 0 Å². The molecule has 3 saturated heterocycles. The van der Waals surface area contributed by atoms with Crippen LogP contribution in [0.15, 0.2) is 29.2 Å². The standard InChI is InChI=1S/C17H21NO5S/c1-3-21-15-14-17(16(19)22-15,13-5-4-10-18(13)23-14)24(20)12-8-6-11(2)7-9-12/h6-9,13-15H,3-5,10H2,1-2H3/t13-,14+,15-,17-,24?/m1/s1. The Bertz CT molecular complexity index is 678. The zero-order chi connectivity index (χ0) is 16.9. The van der Waals surface area contributed by atoms with Gasteiger partial charge in [-0.2, -0.15) is 5.06 Å². The van der Waals surface area contributed by atoms with Crippen molar-refractivity contribution >= 4 is 16.8 Å². The van der Waals surface area contributed by atoms with E-state index < -0.39 is 33.9 Å². The Hall–Kier alpha value is -1.28. The molecular formula is C17H21NO5S. The minimum Gasteiger partial charge on any atom is -0.431 e. The van der Waals surface area contributed by atoms with Crippen LogP contribution in [0.1, 0.15) is 25.3 Å². The summed E-state index contributed by atoms with van der Waals surface area (Å²) >= 11 is 0. The first-order chi connectivity index (χ1) is 11.6. The van der Waals surface area contributed by atoms with Crippen LogP contribution in [0, 0.1) is 6.92 Å². The molecule has 4 rings (SSSR count). The average molecular weight is 351 g/mol. The minimum absolute atomic E-state index is 0.234. The molecule has 5 atom stereocenters. The number of ether oxygens (including phenoxy) is 2. The molecule has 0 aromatic heterocycles. The second-order valence-corrected chi connectivity index (χ2v) is 8.11. The number of rotatable bonds is 4. The van der Waals surface area contributed by atoms with E-state index in [4.69, 9.17) is 14.3 Å². The van der Waals surface area contributed by atoms with Crippen LogP contribution >= 0.6 is 0 Å². The number of aryl methyl sites for hydroxylation is 1. The molecule has 3 aliphatic heterocycles. The monoisotopic (exact) mass is 351 g/mol. The van der Waals surface area contributed by atoms with E-state index in [9.17, 15) is 9.00 Å². The van der Waals surface area contributed by atoms with Gasteiger partial charge in [-0.3, -0.25) is 13.8 Å². The van der Waals surface area contributed by atoms with Crippen LogP contribution in [0.4, 0.5) is 0 Å². The van der Waals surface area contributed by atoms with E-state index >= 15 is 0 Å². The Morgan fingerprint density at radius 1 is 1.38 bits per heavy atom. The number of esters is 1. The lowest BCUT2D eigenvalue weighted by Gasteiger charge is -2.27. The molecule has 0 spiro atoms. The topological polar surface area (TPSA) is 65.1 Å². The minimum atomic E-state index is -1.58. The molecule has 3 heterocycles. The average Bonchev–Trinajstić information content (AvgIpc) is 3.20. The van der Waals surface area contributed by atoms with Crippen LogP contribution < -0.4 is 0 Å². The second kappa shape index (κ2) is 5.91. The van der Waals surface area contributed by atoms with Gasteiger partial charge in [-0.25, -0.2) is 0 Å². The third-order valence-corrected chi connectivity index (χ3v) is 7.02. The summed E-state index contributed by atoms with van der Waals surface area (Å²) in [4.78, 5) is 19.5. The van der Waals surface area contributed by atoms with Crippen molar-refractivity contribution in [1.82, 2.24) is 5.06 Å². The highest BCUT2D eigenvalue weighted by atomic mass is 32.2. The summed E-state index contributed by atoms with van der Waals surface area (Å²) in [5, 5.41) is 1.81. The lowest BCUT2D eigenvalue weighted by atomic mass is 9.94. The van der Waals surface area contributed by atoms with Crippen LogP contribution in [0.25, 0.3) is 0 Å². The zero-order valence-corrected chi connectivity index (χ0v) is 14.6. The van der Waals surface area contributed by atoms with Gasteiger partial charge in [-0.1, -0.05) is 17.7 Å². The number of hydroxylamine groups is 2. The van der Waals surface area contributed by atoms with E-state index in [2.05, 4.69) is 0 Å². The third-order valence-electron chi connectivity index (χ3n) is 5.03. The van der Waals surface area contributed by atoms with Crippen molar-refractivity contribution in [3.8, 4) is 0 Å². The van der Waals surface area contributed by atoms with Gasteiger partial charge in [0.05, 0.1) is 16.8 Å². The van der Waals surface area contributed by atoms with Crippen molar-refractivity contribution in [3.05, 3.63) is 29.8 Å². The van der Waals surface area contributed by atoms with Gasteiger partial charge in [0.1, 0.15) is 0 Å². The molecule has 3 fully saturated rings. The molecule has 0 bridgehead atoms. The predicted octanol–water partition coefficient (Wildman–Crippen LogP) is 1.54. The molecule has 0 radical (unpaired) electrons. The van der Waals surface area contributed by atoms with Crippen LogP contribution in [0.2, 0.25) is 0 Å². The summed E-state index contributed by atoms with van der Waals surface area (Å²) in [6, 6.07) is 7.21. The lowest BCUT2D eigenvalue weighted by Crippen LogP contribution is -2.54. The number of fused-ring (bicyclic) bond motifs is 3. The molecule has 0 N–H and O–H groups in total. The molecule has 3 aliphatic rings. The normalized spacial score (nSPS) is 36.4. The Morgan fingerprint density at radius 2 is 2.12 bits per heavy atom. The largest absolute Gasteiger partial charge is 0.431 e. The van der Waals surface area contributed by atoms with Gasteiger partial charge in [0.15, 0.2) is 10.9 Å². The van der Waals surface area contributed by atoms with Gasteiger partial charge in [-0.15, -0.1) is 0 Å². The molecule has 0 saturated carbocycles. The number of hydrogen-bond acceptors (Lipinski definition) is 6. The lowest BCUT2D eigenvalue weighted by molar-refractivity contribution is -0.226. The van der Waals surface area contributed by atoms with E-state index in [1.807, 2.05) is 43.2 Å². The molecule has 1 unspecified atom stereocenters. The summed E-state index contributed by atoms with van der Waals surface area (Å²) in [5.74, 6) is -0.473. The highest BCUT2D eigenvalue weighted by Gasteiger charge is 2.73. The quantitative estimate of drug-likeness (QED) is 0.767. The highest BCUT2D eigenvalue weighted by molar-refractivity contribution is 7.87. The van der Waals surface area contributed by atoms with Gasteiger partial charge < -0.3 is 9.47 Å². The first kappa shape index (κ1) is 16.2. The van der Waals surface area contributed by atoms with E-state index in [-0.39, 0.29) is 6.04 Å². The summed E-state index contributed by atoms with van der Waals surface area (Å²) in [5.41, 5.74) is 1.08. The maximum Gasteiger partial charge on any atom is 0.332 e. The number of nitrogens with zero attached hydrogens (tertiary/aromatic N) is 1. The maximum atomic E-state index is 13.5. The number of carbonyl (C=O) groups excluding carboxylic acids is 1. The second-order valence-electron chi connectivity index (χ2n) is 6.43. The van der Waals surface area contributed by atoms with Gasteiger partial charge in [0.25, 0.3) is 0 Å². The van der Waals surface area contributed by atoms with Crippen molar-refractivity contribution in [2.45, 2.75) is 54.8 Å². The molecule has 1 aromatic carbocycles. The van der Waals surface area contributed by atoms with Crippen molar-refractivity contribution in [2.24, 2.45) is 0 Å². The van der Waals surface area contributed by atoms with Gasteiger partial charge in [0.2, 0.25) is 6.29 Å². The Morgan fingerprint density at radius 3 is 2.83 bits per heavy atom. The Labute approximate surface area is 143 Å². The zero-order valence-electron chi connectivity index (χ0n) is 13.8. The van der Waals surface area contributed by atoms with Crippen LogP contribution in [-0.4, -0.2) is 51.6 Å². The maximum absolute atomic E-state index is 13.5. The fourth-order valence-corrected chi connectivity index (χ4v) is 5.74. The summed E-state index contributed by atoms with van der Waals surface area (Å²) in [6.45, 7) is 4.94. The smallest absolute Gasteiger partial charge is 0.332 e. The summed E-state index contributed by atoms with van der Waals surface area (Å²) in [6.07, 6.45) is 0.207. The first-order valence-electron chi connectivity index (χ1n) is 8.33. The fraction of sp³-hybridized carbons (Fsp3) is 0.588. The van der Waals surface area contributed by atoms with E-state index in [0.29, 0.717) is 11.5 Å². The van der Waals surface area contributed by atoms with Crippen LogP contribution in [0.3, 0.4) is 0 Å². The molecule has 1 aromatic rings. The van der Waals surface area contributed by atoms with Crippen molar-refractivity contribution in [1.29, 1.82) is 0 Å². The van der Waals surface area contributed by atoms with Crippen LogP contribution in [0.5, 0.6) is 0 Å². The number of carbonyl (C=O) groups is 1. The summed E-state index contributed by atoms with van der Waals surface area (Å²) in [7, 11) is -1.58. The Kier molecular flexibility index (Phi) is 3.99. The number of benzene rings is 1. The Balaban J connectivity index is 1.79. The van der Waals surface area contributed by atoms with Crippen molar-refractivity contribution < 1.29 is 23.3 Å². The number of cyclic esters (lactones) is 1. The molecule has 0 aliphatic carbocycles. The van der Waals surface area contributed by atoms with Crippen LogP contribution in [-0.2, 0) is 29.9 Å². The predicted molar refractivity (Wildman–Crippen MR) is 86.4 cm³/mol. The molecule has 130 valence electrons. The molecule has 0 amide bonds. The van der Waals surface area contributed by atoms with Gasteiger partial charge >= 0.3 is 5.97 Å². The van der Waals surface area contributed by atoms with Crippen molar-refractivity contribution in [2.75, 3.05) is 13.2 Å². The van der Waals surface area contributed by atoms with Gasteiger partial charge in [0, 0.05) is 18.0 Å².